The first kappa shape index (κ1) is 26.2. The molecule has 0 aromatic rings. The summed E-state index contributed by atoms with van der Waals surface area (Å²) in [4.78, 5) is 11.8. The Kier molecular flexibility index (Phi) is 19.4. The second kappa shape index (κ2) is 20.0. The highest BCUT2D eigenvalue weighted by Gasteiger charge is 2.26. The van der Waals surface area contributed by atoms with Gasteiger partial charge in [-0.2, -0.15) is 0 Å². The van der Waals surface area contributed by atoms with Gasteiger partial charge in [-0.1, -0.05) is 116 Å². The quantitative estimate of drug-likeness (QED) is 0.170. The normalized spacial score (nSPS) is 13.9. The minimum absolute atomic E-state index is 0.193. The van der Waals surface area contributed by atoms with Gasteiger partial charge < -0.3 is 5.11 Å². The number of rotatable bonds is 20. The molecule has 0 fully saturated rings. The summed E-state index contributed by atoms with van der Waals surface area (Å²) in [7, 11) is 0. The molecule has 2 nitrogen and oxygen atoms in total. The van der Waals surface area contributed by atoms with E-state index < -0.39 is 5.97 Å². The number of allylic oxidation sites excluding steroid dienone is 2. The number of carboxylic acid groups (broad SMARTS) is 1. The van der Waals surface area contributed by atoms with E-state index in [0.29, 0.717) is 12.3 Å². The van der Waals surface area contributed by atoms with Gasteiger partial charge in [-0.05, 0) is 32.1 Å². The van der Waals surface area contributed by atoms with Crippen LogP contribution in [-0.4, -0.2) is 11.1 Å². The largest absolute Gasteiger partial charge is 0.481 e. The Labute approximate surface area is 170 Å². The third-order valence-corrected chi connectivity index (χ3v) is 5.87. The van der Waals surface area contributed by atoms with E-state index in [2.05, 4.69) is 13.8 Å². The zero-order valence-electron chi connectivity index (χ0n) is 18.7. The summed E-state index contributed by atoms with van der Waals surface area (Å²) < 4.78 is 0. The van der Waals surface area contributed by atoms with Crippen LogP contribution >= 0.6 is 0 Å². The van der Waals surface area contributed by atoms with Gasteiger partial charge in [0.2, 0.25) is 0 Å². The van der Waals surface area contributed by atoms with Crippen molar-refractivity contribution in [2.24, 2.45) is 11.8 Å². The molecule has 2 atom stereocenters. The average Bonchev–Trinajstić information content (AvgIpc) is 2.65. The predicted octanol–water partition coefficient (Wildman–Crippen LogP) is 8.55. The van der Waals surface area contributed by atoms with Crippen LogP contribution in [0.5, 0.6) is 0 Å². The van der Waals surface area contributed by atoms with Crippen LogP contribution in [0.2, 0.25) is 0 Å². The van der Waals surface area contributed by atoms with Crippen molar-refractivity contribution in [3.8, 4) is 0 Å². The van der Waals surface area contributed by atoms with E-state index in [-0.39, 0.29) is 5.92 Å². The van der Waals surface area contributed by atoms with Gasteiger partial charge in [0.25, 0.3) is 0 Å². The van der Waals surface area contributed by atoms with Crippen molar-refractivity contribution in [2.45, 2.75) is 130 Å². The molecule has 0 saturated heterocycles. The molecule has 0 radical (unpaired) electrons. The second-order valence-corrected chi connectivity index (χ2v) is 8.33. The summed E-state index contributed by atoms with van der Waals surface area (Å²) in [5, 5.41) is 9.73. The molecule has 0 aliphatic heterocycles. The Bertz CT molecular complexity index is 348. The molecule has 0 aliphatic carbocycles. The summed E-state index contributed by atoms with van der Waals surface area (Å²) in [5.41, 5.74) is 0. The Hall–Kier alpha value is -0.790. The molecule has 0 aliphatic rings. The van der Waals surface area contributed by atoms with Gasteiger partial charge in [0.1, 0.15) is 0 Å². The van der Waals surface area contributed by atoms with Crippen LogP contribution in [0.1, 0.15) is 130 Å². The molecule has 0 rings (SSSR count). The standard InChI is InChI=1S/C25H48O2/c1-4-7-10-12-14-15-17-19-21-23(20-18-16-13-11-8-5-2)24(25(26)27)22-9-6-3/h6,9,23-24H,4-5,7-8,10-22H2,1-3H3,(H,26,27). The van der Waals surface area contributed by atoms with Crippen molar-refractivity contribution >= 4 is 5.97 Å². The Morgan fingerprint density at radius 2 is 1.15 bits per heavy atom. The van der Waals surface area contributed by atoms with Gasteiger partial charge in [0.15, 0.2) is 0 Å². The average molecular weight is 381 g/mol. The first-order valence-electron chi connectivity index (χ1n) is 12.0. The Balaban J connectivity index is 4.26. The van der Waals surface area contributed by atoms with E-state index in [1.54, 1.807) is 0 Å². The van der Waals surface area contributed by atoms with Crippen molar-refractivity contribution in [1.29, 1.82) is 0 Å². The number of carboxylic acids is 1. The number of hydrogen-bond acceptors (Lipinski definition) is 1. The topological polar surface area (TPSA) is 37.3 Å². The van der Waals surface area contributed by atoms with Crippen molar-refractivity contribution in [3.63, 3.8) is 0 Å². The van der Waals surface area contributed by atoms with Gasteiger partial charge >= 0.3 is 5.97 Å². The lowest BCUT2D eigenvalue weighted by molar-refractivity contribution is -0.143. The number of unbranched alkanes of at least 4 members (excludes halogenated alkanes) is 12. The molecule has 0 aromatic heterocycles. The molecule has 1 N–H and O–H groups in total. The maximum absolute atomic E-state index is 11.8. The third-order valence-electron chi connectivity index (χ3n) is 5.87. The summed E-state index contributed by atoms with van der Waals surface area (Å²) >= 11 is 0. The number of aliphatic carboxylic acids is 1. The van der Waals surface area contributed by atoms with Crippen LogP contribution in [0.15, 0.2) is 12.2 Å². The van der Waals surface area contributed by atoms with Crippen molar-refractivity contribution in [3.05, 3.63) is 12.2 Å². The van der Waals surface area contributed by atoms with Crippen molar-refractivity contribution < 1.29 is 9.90 Å². The fourth-order valence-electron chi connectivity index (χ4n) is 4.05. The fraction of sp³-hybridized carbons (Fsp3) is 0.880. The highest BCUT2D eigenvalue weighted by molar-refractivity contribution is 5.70. The van der Waals surface area contributed by atoms with E-state index in [0.717, 1.165) is 12.8 Å². The molecule has 27 heavy (non-hydrogen) atoms. The van der Waals surface area contributed by atoms with Gasteiger partial charge in [-0.3, -0.25) is 4.79 Å². The van der Waals surface area contributed by atoms with E-state index in [1.807, 2.05) is 19.1 Å². The highest BCUT2D eigenvalue weighted by Crippen LogP contribution is 2.29. The van der Waals surface area contributed by atoms with Crippen molar-refractivity contribution in [1.82, 2.24) is 0 Å². The summed E-state index contributed by atoms with van der Waals surface area (Å²) in [6, 6.07) is 0. The van der Waals surface area contributed by atoms with Crippen LogP contribution in [0, 0.1) is 11.8 Å². The highest BCUT2D eigenvalue weighted by atomic mass is 16.4. The second-order valence-electron chi connectivity index (χ2n) is 8.33. The third kappa shape index (κ3) is 15.9. The van der Waals surface area contributed by atoms with Crippen LogP contribution in [0.3, 0.4) is 0 Å². The maximum Gasteiger partial charge on any atom is 0.307 e. The lowest BCUT2D eigenvalue weighted by Gasteiger charge is -2.23. The van der Waals surface area contributed by atoms with Crippen LogP contribution in [-0.2, 0) is 4.79 Å². The SMILES string of the molecule is CC=CCC(C(=O)O)C(CCCCCCCC)CCCCCCCCCC. The van der Waals surface area contributed by atoms with Crippen LogP contribution in [0.4, 0.5) is 0 Å². The van der Waals surface area contributed by atoms with Gasteiger partial charge in [0, 0.05) is 0 Å². The number of hydrogen-bond donors (Lipinski definition) is 1. The fourth-order valence-corrected chi connectivity index (χ4v) is 4.05. The van der Waals surface area contributed by atoms with E-state index in [9.17, 15) is 9.90 Å². The first-order chi connectivity index (χ1) is 13.2. The molecule has 0 heterocycles. The van der Waals surface area contributed by atoms with Gasteiger partial charge in [-0.25, -0.2) is 0 Å². The Morgan fingerprint density at radius 3 is 1.52 bits per heavy atom. The predicted molar refractivity (Wildman–Crippen MR) is 119 cm³/mol. The molecule has 0 aromatic carbocycles. The first-order valence-corrected chi connectivity index (χ1v) is 12.0. The zero-order chi connectivity index (χ0) is 20.2. The van der Waals surface area contributed by atoms with Crippen molar-refractivity contribution in [2.75, 3.05) is 0 Å². The van der Waals surface area contributed by atoms with Crippen LogP contribution in [0.25, 0.3) is 0 Å². The minimum atomic E-state index is -0.594. The van der Waals surface area contributed by atoms with Gasteiger partial charge in [-0.15, -0.1) is 0 Å². The molecule has 0 bridgehead atoms. The monoisotopic (exact) mass is 380 g/mol. The lowest BCUT2D eigenvalue weighted by atomic mass is 9.81. The molecular weight excluding hydrogens is 332 g/mol. The molecule has 0 saturated carbocycles. The summed E-state index contributed by atoms with van der Waals surface area (Å²) in [6.45, 7) is 6.50. The molecule has 2 heteroatoms. The smallest absolute Gasteiger partial charge is 0.307 e. The number of carbonyl (C=O) groups is 1. The molecule has 0 amide bonds. The molecule has 0 spiro atoms. The molecule has 2 unspecified atom stereocenters. The molecular formula is C25H48O2. The summed E-state index contributed by atoms with van der Waals surface area (Å²) in [6.07, 6.45) is 25.2. The van der Waals surface area contributed by atoms with E-state index in [4.69, 9.17) is 0 Å². The maximum atomic E-state index is 11.8. The van der Waals surface area contributed by atoms with E-state index >= 15 is 0 Å². The zero-order valence-corrected chi connectivity index (χ0v) is 18.7. The lowest BCUT2D eigenvalue weighted by Crippen LogP contribution is -2.23. The minimum Gasteiger partial charge on any atom is -0.481 e. The summed E-state index contributed by atoms with van der Waals surface area (Å²) in [5.74, 6) is -0.435. The van der Waals surface area contributed by atoms with E-state index in [1.165, 1.54) is 89.9 Å². The van der Waals surface area contributed by atoms with Crippen LogP contribution < -0.4 is 0 Å². The molecule has 160 valence electrons. The Morgan fingerprint density at radius 1 is 0.741 bits per heavy atom. The van der Waals surface area contributed by atoms with Gasteiger partial charge in [0.05, 0.1) is 5.92 Å².